The van der Waals surface area contributed by atoms with Crippen LogP contribution in [0.2, 0.25) is 0 Å². The first kappa shape index (κ1) is 13.0. The largest absolute Gasteiger partial charge is 0.323 e. The van der Waals surface area contributed by atoms with Gasteiger partial charge in [-0.25, -0.2) is 0 Å². The molecule has 0 bridgehead atoms. The van der Waals surface area contributed by atoms with Crippen molar-refractivity contribution in [1.82, 2.24) is 0 Å². The average Bonchev–Trinajstić information content (AvgIpc) is 2.40. The predicted molar refractivity (Wildman–Crippen MR) is 77.5 cm³/mol. The fraction of sp³-hybridized carbons (Fsp3) is 0.600. The monoisotopic (exact) mass is 249 g/mol. The van der Waals surface area contributed by atoms with Crippen molar-refractivity contribution in [3.8, 4) is 0 Å². The lowest BCUT2D eigenvalue weighted by molar-refractivity contribution is 0.582. The first-order valence-electron chi connectivity index (χ1n) is 6.77. The van der Waals surface area contributed by atoms with Crippen molar-refractivity contribution in [1.29, 1.82) is 0 Å². The van der Waals surface area contributed by atoms with Gasteiger partial charge in [0.15, 0.2) is 0 Å². The minimum absolute atomic E-state index is 0.218. The Balaban J connectivity index is 2.00. The van der Waals surface area contributed by atoms with Gasteiger partial charge in [0.25, 0.3) is 0 Å². The zero-order valence-electron chi connectivity index (χ0n) is 10.7. The van der Waals surface area contributed by atoms with E-state index in [1.54, 1.807) is 0 Å². The van der Waals surface area contributed by atoms with E-state index in [1.807, 2.05) is 0 Å². The lowest BCUT2D eigenvalue weighted by atomic mass is 9.98. The predicted octanol–water partition coefficient (Wildman–Crippen LogP) is 3.92. The van der Waals surface area contributed by atoms with E-state index < -0.39 is 0 Å². The van der Waals surface area contributed by atoms with E-state index in [0.717, 1.165) is 0 Å². The summed E-state index contributed by atoms with van der Waals surface area (Å²) in [6.07, 6.45) is 6.38. The highest BCUT2D eigenvalue weighted by Gasteiger charge is 2.22. The topological polar surface area (TPSA) is 26.0 Å². The minimum Gasteiger partial charge on any atom is -0.323 e. The highest BCUT2D eigenvalue weighted by atomic mass is 32.2. The van der Waals surface area contributed by atoms with E-state index in [9.17, 15) is 0 Å². The van der Waals surface area contributed by atoms with Crippen LogP contribution in [0.25, 0.3) is 0 Å². The standard InChI is InChI=1S/C15H23NS/c1-2-5-12-7-9-13(10-8-12)15(16)14-6-3-4-11-17-14/h7-10,14-15H,2-6,11,16H2,1H3. The Hall–Kier alpha value is -0.470. The first-order valence-corrected chi connectivity index (χ1v) is 7.82. The third-order valence-electron chi connectivity index (χ3n) is 3.52. The van der Waals surface area contributed by atoms with Crippen LogP contribution < -0.4 is 5.73 Å². The van der Waals surface area contributed by atoms with Crippen molar-refractivity contribution in [2.75, 3.05) is 5.75 Å². The molecule has 1 aromatic rings. The van der Waals surface area contributed by atoms with Crippen LogP contribution in [0.1, 0.15) is 49.8 Å². The number of hydrogen-bond acceptors (Lipinski definition) is 2. The molecule has 1 saturated heterocycles. The second-order valence-corrected chi connectivity index (χ2v) is 6.27. The average molecular weight is 249 g/mol. The quantitative estimate of drug-likeness (QED) is 0.875. The number of rotatable bonds is 4. The van der Waals surface area contributed by atoms with Crippen molar-refractivity contribution in [3.05, 3.63) is 35.4 Å². The molecule has 0 saturated carbocycles. The van der Waals surface area contributed by atoms with Gasteiger partial charge in [-0.3, -0.25) is 0 Å². The fourth-order valence-corrected chi connectivity index (χ4v) is 3.83. The van der Waals surface area contributed by atoms with E-state index in [1.165, 1.54) is 49.0 Å². The number of thioether (sulfide) groups is 1. The van der Waals surface area contributed by atoms with Crippen molar-refractivity contribution in [3.63, 3.8) is 0 Å². The summed E-state index contributed by atoms with van der Waals surface area (Å²) in [5, 5.41) is 0.626. The third-order valence-corrected chi connectivity index (χ3v) is 5.00. The molecule has 0 amide bonds. The van der Waals surface area contributed by atoms with Crippen molar-refractivity contribution in [2.45, 2.75) is 50.3 Å². The Kier molecular flexibility index (Phi) is 4.93. The van der Waals surface area contributed by atoms with Gasteiger partial charge in [-0.1, -0.05) is 44.0 Å². The molecule has 1 aromatic carbocycles. The van der Waals surface area contributed by atoms with Gasteiger partial charge in [0.05, 0.1) is 0 Å². The molecule has 2 heteroatoms. The van der Waals surface area contributed by atoms with Gasteiger partial charge in [0.1, 0.15) is 0 Å². The van der Waals surface area contributed by atoms with Crippen LogP contribution in [0, 0.1) is 0 Å². The van der Waals surface area contributed by atoms with Gasteiger partial charge in [-0.15, -0.1) is 0 Å². The molecule has 2 unspecified atom stereocenters. The lowest BCUT2D eigenvalue weighted by Crippen LogP contribution is -2.26. The molecule has 0 radical (unpaired) electrons. The molecule has 1 fully saturated rings. The SMILES string of the molecule is CCCc1ccc(C(N)C2CCCCS2)cc1. The summed E-state index contributed by atoms with van der Waals surface area (Å²) >= 11 is 2.06. The summed E-state index contributed by atoms with van der Waals surface area (Å²) in [4.78, 5) is 0. The highest BCUT2D eigenvalue weighted by molar-refractivity contribution is 8.00. The highest BCUT2D eigenvalue weighted by Crippen LogP contribution is 2.33. The molecule has 1 aliphatic heterocycles. The second kappa shape index (κ2) is 6.46. The maximum atomic E-state index is 6.37. The molecular formula is C15H23NS. The molecule has 2 N–H and O–H groups in total. The molecule has 94 valence electrons. The maximum Gasteiger partial charge on any atom is 0.0415 e. The Morgan fingerprint density at radius 2 is 2.06 bits per heavy atom. The molecule has 2 rings (SSSR count). The summed E-state index contributed by atoms with van der Waals surface area (Å²) in [6, 6.07) is 9.16. The molecule has 0 aromatic heterocycles. The number of aryl methyl sites for hydroxylation is 1. The van der Waals surface area contributed by atoms with Crippen LogP contribution >= 0.6 is 11.8 Å². The van der Waals surface area contributed by atoms with Crippen molar-refractivity contribution < 1.29 is 0 Å². The van der Waals surface area contributed by atoms with E-state index in [0.29, 0.717) is 5.25 Å². The summed E-state index contributed by atoms with van der Waals surface area (Å²) < 4.78 is 0. The van der Waals surface area contributed by atoms with Crippen LogP contribution in [-0.4, -0.2) is 11.0 Å². The smallest absolute Gasteiger partial charge is 0.0415 e. The number of hydrogen-bond donors (Lipinski definition) is 1. The first-order chi connectivity index (χ1) is 8.31. The van der Waals surface area contributed by atoms with E-state index in [4.69, 9.17) is 5.73 Å². The Morgan fingerprint density at radius 1 is 1.29 bits per heavy atom. The zero-order chi connectivity index (χ0) is 12.1. The summed E-state index contributed by atoms with van der Waals surface area (Å²) in [5.41, 5.74) is 9.11. The van der Waals surface area contributed by atoms with Gasteiger partial charge in [-0.2, -0.15) is 11.8 Å². The van der Waals surface area contributed by atoms with Crippen molar-refractivity contribution >= 4 is 11.8 Å². The number of nitrogens with two attached hydrogens (primary N) is 1. The Morgan fingerprint density at radius 3 is 2.65 bits per heavy atom. The van der Waals surface area contributed by atoms with E-state index >= 15 is 0 Å². The van der Waals surface area contributed by atoms with Gasteiger partial charge < -0.3 is 5.73 Å². The molecule has 0 spiro atoms. The molecule has 0 aliphatic carbocycles. The van der Waals surface area contributed by atoms with Crippen LogP contribution in [0.5, 0.6) is 0 Å². The minimum atomic E-state index is 0.218. The second-order valence-electron chi connectivity index (χ2n) is 4.92. The zero-order valence-corrected chi connectivity index (χ0v) is 11.5. The van der Waals surface area contributed by atoms with Crippen LogP contribution in [-0.2, 0) is 6.42 Å². The van der Waals surface area contributed by atoms with Gasteiger partial charge in [0.2, 0.25) is 0 Å². The van der Waals surface area contributed by atoms with Crippen molar-refractivity contribution in [2.24, 2.45) is 5.73 Å². The van der Waals surface area contributed by atoms with Gasteiger partial charge in [-0.05, 0) is 36.1 Å². The molecule has 17 heavy (non-hydrogen) atoms. The van der Waals surface area contributed by atoms with E-state index in [-0.39, 0.29) is 6.04 Å². The van der Waals surface area contributed by atoms with Gasteiger partial charge in [0, 0.05) is 11.3 Å². The number of benzene rings is 1. The molecule has 1 nitrogen and oxygen atoms in total. The Bertz CT molecular complexity index is 327. The van der Waals surface area contributed by atoms with Crippen LogP contribution in [0.4, 0.5) is 0 Å². The molecule has 1 heterocycles. The lowest BCUT2D eigenvalue weighted by Gasteiger charge is -2.27. The normalized spacial score (nSPS) is 22.4. The fourth-order valence-electron chi connectivity index (χ4n) is 2.46. The van der Waals surface area contributed by atoms with E-state index in [2.05, 4.69) is 43.0 Å². The molecular weight excluding hydrogens is 226 g/mol. The molecule has 1 aliphatic rings. The summed E-state index contributed by atoms with van der Waals surface area (Å²) in [5.74, 6) is 1.28. The van der Waals surface area contributed by atoms with Gasteiger partial charge >= 0.3 is 0 Å². The maximum absolute atomic E-state index is 6.37. The Labute approximate surface area is 109 Å². The van der Waals surface area contributed by atoms with Crippen LogP contribution in [0.15, 0.2) is 24.3 Å². The summed E-state index contributed by atoms with van der Waals surface area (Å²) in [7, 11) is 0. The third kappa shape index (κ3) is 3.49. The van der Waals surface area contributed by atoms with Crippen LogP contribution in [0.3, 0.4) is 0 Å². The molecule has 2 atom stereocenters. The summed E-state index contributed by atoms with van der Waals surface area (Å²) in [6.45, 7) is 2.22.